The normalized spacial score (nSPS) is 23.8. The summed E-state index contributed by atoms with van der Waals surface area (Å²) < 4.78 is 22.8. The minimum Gasteiger partial charge on any atom is -0.195 e. The maximum atomic E-state index is 10.8. The second-order valence-corrected chi connectivity index (χ2v) is 6.32. The molecule has 0 saturated carbocycles. The van der Waals surface area contributed by atoms with Crippen molar-refractivity contribution >= 4 is 35.8 Å². The summed E-state index contributed by atoms with van der Waals surface area (Å²) in [6.07, 6.45) is 1.68. The molecule has 0 aromatic rings. The van der Waals surface area contributed by atoms with E-state index >= 15 is 0 Å². The van der Waals surface area contributed by atoms with Crippen LogP contribution >= 0.6 is 26.6 Å². The van der Waals surface area contributed by atoms with Gasteiger partial charge in [-0.2, -0.15) is 12.7 Å². The maximum absolute atomic E-state index is 10.8. The number of halogens is 2. The van der Waals surface area contributed by atoms with Crippen molar-refractivity contribution in [3.8, 4) is 0 Å². The van der Waals surface area contributed by atoms with Crippen molar-refractivity contribution < 1.29 is 8.42 Å². The highest BCUT2D eigenvalue weighted by Gasteiger charge is 2.24. The van der Waals surface area contributed by atoms with E-state index < -0.39 is 9.24 Å². The summed E-state index contributed by atoms with van der Waals surface area (Å²) in [6.45, 7) is 1.06. The van der Waals surface area contributed by atoms with Gasteiger partial charge in [0.1, 0.15) is 0 Å². The molecule has 66 valence electrons. The average molecular weight is 263 g/mol. The molecule has 0 N–H and O–H groups in total. The largest absolute Gasteiger partial charge is 0.299 e. The van der Waals surface area contributed by atoms with Gasteiger partial charge in [-0.1, -0.05) is 15.9 Å². The average Bonchev–Trinajstić information content (AvgIpc) is 1.86. The lowest BCUT2D eigenvalue weighted by molar-refractivity contribution is 0.361. The first-order valence-corrected chi connectivity index (χ1v) is 6.52. The van der Waals surface area contributed by atoms with Gasteiger partial charge in [0.25, 0.3) is 9.24 Å². The molecule has 0 atom stereocenters. The quantitative estimate of drug-likeness (QED) is 0.528. The van der Waals surface area contributed by atoms with Crippen LogP contribution < -0.4 is 0 Å². The fourth-order valence-electron chi connectivity index (χ4n) is 1.04. The third-order valence-corrected chi connectivity index (χ3v) is 4.18. The van der Waals surface area contributed by atoms with Gasteiger partial charge < -0.3 is 0 Å². The van der Waals surface area contributed by atoms with E-state index in [4.69, 9.17) is 10.7 Å². The number of hydrogen-bond acceptors (Lipinski definition) is 2. The molecule has 1 rings (SSSR count). The number of nitrogens with zero attached hydrogens (tertiary/aromatic N) is 1. The Balaban J connectivity index is 2.53. The van der Waals surface area contributed by atoms with Crippen LogP contribution in [0.1, 0.15) is 12.8 Å². The number of rotatable bonds is 1. The minimum absolute atomic E-state index is 0.442. The van der Waals surface area contributed by atoms with E-state index in [-0.39, 0.29) is 0 Å². The summed E-state index contributed by atoms with van der Waals surface area (Å²) in [5.41, 5.74) is 0. The van der Waals surface area contributed by atoms with Crippen LogP contribution in [0.4, 0.5) is 0 Å². The van der Waals surface area contributed by atoms with Crippen LogP contribution in [0.25, 0.3) is 0 Å². The molecular formula is C5H9BrClNO2S. The molecule has 1 aliphatic heterocycles. The Kier molecular flexibility index (Phi) is 3.19. The van der Waals surface area contributed by atoms with Crippen molar-refractivity contribution in [2.45, 2.75) is 17.7 Å². The van der Waals surface area contributed by atoms with E-state index in [1.54, 1.807) is 0 Å². The van der Waals surface area contributed by atoms with Crippen LogP contribution in [0, 0.1) is 0 Å². The van der Waals surface area contributed by atoms with E-state index in [1.807, 2.05) is 0 Å². The smallest absolute Gasteiger partial charge is 0.195 e. The summed E-state index contributed by atoms with van der Waals surface area (Å²) in [7, 11) is 1.68. The van der Waals surface area contributed by atoms with Crippen LogP contribution in [0.5, 0.6) is 0 Å². The van der Waals surface area contributed by atoms with Crippen molar-refractivity contribution in [2.24, 2.45) is 0 Å². The van der Waals surface area contributed by atoms with E-state index in [0.29, 0.717) is 17.9 Å². The summed E-state index contributed by atoms with van der Waals surface area (Å²) >= 11 is 3.42. The van der Waals surface area contributed by atoms with Gasteiger partial charge in [0.15, 0.2) is 0 Å². The number of piperidine rings is 1. The molecular weight excluding hydrogens is 253 g/mol. The first-order valence-electron chi connectivity index (χ1n) is 3.34. The van der Waals surface area contributed by atoms with Crippen LogP contribution in [0.15, 0.2) is 0 Å². The highest BCUT2D eigenvalue weighted by molar-refractivity contribution is 9.09. The van der Waals surface area contributed by atoms with Crippen molar-refractivity contribution in [3.63, 3.8) is 0 Å². The van der Waals surface area contributed by atoms with E-state index in [2.05, 4.69) is 15.9 Å². The predicted octanol–water partition coefficient (Wildman–Crippen LogP) is 1.33. The van der Waals surface area contributed by atoms with Crippen LogP contribution in [0.3, 0.4) is 0 Å². The standard InChI is InChI=1S/C5H9BrClNO2S/c6-5-1-3-8(4-2-5)11(7,9)10/h5H,1-4H2. The fraction of sp³-hybridized carbons (Fsp3) is 1.00. The second kappa shape index (κ2) is 3.60. The molecule has 0 unspecified atom stereocenters. The van der Waals surface area contributed by atoms with Gasteiger partial charge in [-0.05, 0) is 12.8 Å². The molecule has 0 spiro atoms. The zero-order chi connectivity index (χ0) is 8.48. The van der Waals surface area contributed by atoms with E-state index in [9.17, 15) is 8.42 Å². The zero-order valence-corrected chi connectivity index (χ0v) is 8.99. The highest BCUT2D eigenvalue weighted by Crippen LogP contribution is 2.20. The maximum Gasteiger partial charge on any atom is 0.299 e. The summed E-state index contributed by atoms with van der Waals surface area (Å²) in [5.74, 6) is 0. The first-order chi connectivity index (χ1) is 5.00. The molecule has 6 heteroatoms. The Morgan fingerprint density at radius 2 is 1.82 bits per heavy atom. The summed E-state index contributed by atoms with van der Waals surface area (Å²) in [4.78, 5) is 0.442. The highest BCUT2D eigenvalue weighted by atomic mass is 79.9. The lowest BCUT2D eigenvalue weighted by Gasteiger charge is -2.25. The van der Waals surface area contributed by atoms with Crippen molar-refractivity contribution in [3.05, 3.63) is 0 Å². The number of alkyl halides is 1. The van der Waals surface area contributed by atoms with E-state index in [0.717, 1.165) is 12.8 Å². The van der Waals surface area contributed by atoms with Gasteiger partial charge in [0.05, 0.1) is 0 Å². The minimum atomic E-state index is -3.46. The molecule has 0 radical (unpaired) electrons. The van der Waals surface area contributed by atoms with Gasteiger partial charge >= 0.3 is 0 Å². The molecule has 11 heavy (non-hydrogen) atoms. The molecule has 1 heterocycles. The number of hydrogen-bond donors (Lipinski definition) is 0. The third-order valence-electron chi connectivity index (χ3n) is 1.69. The van der Waals surface area contributed by atoms with Crippen molar-refractivity contribution in [1.82, 2.24) is 4.31 Å². The second-order valence-electron chi connectivity index (χ2n) is 2.52. The van der Waals surface area contributed by atoms with Gasteiger partial charge in [0, 0.05) is 28.6 Å². The van der Waals surface area contributed by atoms with Crippen LogP contribution in [-0.4, -0.2) is 30.6 Å². The first kappa shape index (κ1) is 9.77. The molecule has 0 bridgehead atoms. The predicted molar refractivity (Wildman–Crippen MR) is 48.3 cm³/mol. The molecule has 0 amide bonds. The van der Waals surface area contributed by atoms with Gasteiger partial charge in [-0.25, -0.2) is 0 Å². The lowest BCUT2D eigenvalue weighted by atomic mass is 10.2. The van der Waals surface area contributed by atoms with Crippen LogP contribution in [0.2, 0.25) is 0 Å². The Bertz CT molecular complexity index is 223. The molecule has 1 fully saturated rings. The fourth-order valence-corrected chi connectivity index (χ4v) is 2.51. The molecule has 0 aromatic carbocycles. The molecule has 0 aliphatic carbocycles. The van der Waals surface area contributed by atoms with Crippen LogP contribution in [-0.2, 0) is 9.24 Å². The SMILES string of the molecule is O=S(=O)(Cl)N1CCC(Br)CC1. The summed E-state index contributed by atoms with van der Waals surface area (Å²) in [5, 5.41) is 0. The Labute approximate surface area is 79.4 Å². The van der Waals surface area contributed by atoms with Crippen molar-refractivity contribution in [1.29, 1.82) is 0 Å². The Morgan fingerprint density at radius 3 is 2.18 bits per heavy atom. The lowest BCUT2D eigenvalue weighted by Crippen LogP contribution is -2.35. The molecule has 1 aliphatic rings. The monoisotopic (exact) mass is 261 g/mol. The van der Waals surface area contributed by atoms with Crippen molar-refractivity contribution in [2.75, 3.05) is 13.1 Å². The van der Waals surface area contributed by atoms with Gasteiger partial charge in [0.2, 0.25) is 0 Å². The molecule has 0 aromatic heterocycles. The topological polar surface area (TPSA) is 37.4 Å². The molecule has 3 nitrogen and oxygen atoms in total. The Hall–Kier alpha value is 0.680. The zero-order valence-electron chi connectivity index (χ0n) is 5.83. The molecule has 1 saturated heterocycles. The van der Waals surface area contributed by atoms with E-state index in [1.165, 1.54) is 4.31 Å². The Morgan fingerprint density at radius 1 is 1.36 bits per heavy atom. The van der Waals surface area contributed by atoms with Gasteiger partial charge in [-0.3, -0.25) is 0 Å². The summed E-state index contributed by atoms with van der Waals surface area (Å²) in [6, 6.07) is 0. The van der Waals surface area contributed by atoms with Gasteiger partial charge in [-0.15, -0.1) is 0 Å². The third kappa shape index (κ3) is 2.89.